The maximum Gasteiger partial charge on any atom is 0.274 e. The quantitative estimate of drug-likeness (QED) is 0.180. The van der Waals surface area contributed by atoms with Crippen molar-refractivity contribution in [2.45, 2.75) is 76.0 Å². The van der Waals surface area contributed by atoms with Gasteiger partial charge in [0.25, 0.3) is 5.91 Å². The third-order valence-corrected chi connectivity index (χ3v) is 13.0. The summed E-state index contributed by atoms with van der Waals surface area (Å²) in [7, 11) is 1.58. The van der Waals surface area contributed by atoms with Gasteiger partial charge in [-0.1, -0.05) is 6.07 Å². The molecule has 0 unspecified atom stereocenters. The molecule has 16 nitrogen and oxygen atoms in total. The van der Waals surface area contributed by atoms with Crippen molar-refractivity contribution in [1.29, 1.82) is 5.26 Å². The van der Waals surface area contributed by atoms with Crippen LogP contribution in [0.2, 0.25) is 0 Å². The van der Waals surface area contributed by atoms with Crippen LogP contribution in [0.5, 0.6) is 5.75 Å². The molecule has 16 heteroatoms. The Morgan fingerprint density at radius 2 is 1.72 bits per heavy atom. The Hall–Kier alpha value is -6.31. The molecule has 1 atom stereocenters. The smallest absolute Gasteiger partial charge is 0.274 e. The summed E-state index contributed by atoms with van der Waals surface area (Å²) in [5.41, 5.74) is 3.59. The van der Waals surface area contributed by atoms with Crippen molar-refractivity contribution < 1.29 is 29.0 Å². The summed E-state index contributed by atoms with van der Waals surface area (Å²) in [6.45, 7) is 7.78. The zero-order valence-electron chi connectivity index (χ0n) is 34.6. The lowest BCUT2D eigenvalue weighted by Crippen LogP contribution is -2.59. The molecule has 0 spiro atoms. The van der Waals surface area contributed by atoms with E-state index >= 15 is 0 Å². The van der Waals surface area contributed by atoms with E-state index in [1.807, 2.05) is 46.1 Å². The monoisotopic (exact) mass is 826 g/mol. The summed E-state index contributed by atoms with van der Waals surface area (Å²) in [4.78, 5) is 57.9. The average Bonchev–Trinajstić information content (AvgIpc) is 3.87. The van der Waals surface area contributed by atoms with Gasteiger partial charge in [-0.2, -0.15) is 15.5 Å². The molecule has 0 radical (unpaired) electrons. The number of rotatable bonds is 9. The number of carbonyl (C=O) groups excluding carboxylic acids is 4. The Morgan fingerprint density at radius 3 is 2.43 bits per heavy atom. The molecule has 4 amide bonds. The molecule has 3 saturated heterocycles. The van der Waals surface area contributed by atoms with Crippen molar-refractivity contribution in [2.24, 2.45) is 5.92 Å². The summed E-state index contributed by atoms with van der Waals surface area (Å²) in [6, 6.07) is 17.3. The Labute approximate surface area is 353 Å². The normalized spacial score (nSPS) is 21.6. The molecule has 316 valence electrons. The number of hydrogen-bond donors (Lipinski definition) is 3. The van der Waals surface area contributed by atoms with E-state index in [1.165, 1.54) is 10.7 Å². The molecule has 3 aromatic heterocycles. The van der Waals surface area contributed by atoms with Gasteiger partial charge in [-0.15, -0.1) is 0 Å². The Bertz CT molecular complexity index is 2580. The van der Waals surface area contributed by atoms with Crippen LogP contribution in [0.1, 0.15) is 91.5 Å². The fraction of sp³-hybridized carbons (Fsp3) is 0.444. The molecule has 61 heavy (non-hydrogen) atoms. The van der Waals surface area contributed by atoms with E-state index in [2.05, 4.69) is 31.6 Å². The number of piperidine rings is 1. The van der Waals surface area contributed by atoms with E-state index in [4.69, 9.17) is 9.84 Å². The largest absolute Gasteiger partial charge is 0.496 e. The number of anilines is 2. The SMILES string of the molecule is COc1cc(N2CC(C(=O)N3CCN(C4CCC(n5cc6cc(NC(=O)c7ccc8cc(C#N)cnn78)c(C(C)(C)O)cc6n5)CC4)CC3)C2)ccc1[C@H]1CCC(=O)NC1=O. The molecule has 5 aromatic rings. The summed E-state index contributed by atoms with van der Waals surface area (Å²) in [6.07, 6.45) is 8.21. The van der Waals surface area contributed by atoms with E-state index in [9.17, 15) is 29.5 Å². The third-order valence-electron chi connectivity index (χ3n) is 13.0. The third kappa shape index (κ3) is 7.79. The highest BCUT2D eigenvalue weighted by Gasteiger charge is 2.39. The number of nitrogens with zero attached hydrogens (tertiary/aromatic N) is 8. The van der Waals surface area contributed by atoms with Crippen LogP contribution in [0.3, 0.4) is 0 Å². The molecule has 0 bridgehead atoms. The molecule has 6 heterocycles. The van der Waals surface area contributed by atoms with Gasteiger partial charge in [-0.05, 0) is 82.3 Å². The number of hydrogen-bond acceptors (Lipinski definition) is 11. The average molecular weight is 827 g/mol. The summed E-state index contributed by atoms with van der Waals surface area (Å²) >= 11 is 0. The van der Waals surface area contributed by atoms with E-state index in [0.29, 0.717) is 65.7 Å². The number of imide groups is 1. The number of nitriles is 1. The number of aromatic nitrogens is 4. The highest BCUT2D eigenvalue weighted by atomic mass is 16.5. The number of aliphatic hydroxyl groups is 1. The van der Waals surface area contributed by atoms with Gasteiger partial charge >= 0.3 is 0 Å². The van der Waals surface area contributed by atoms with Crippen LogP contribution in [0.15, 0.2) is 60.9 Å². The molecular formula is C45H50N10O6. The van der Waals surface area contributed by atoms with Gasteiger partial charge in [0, 0.05) is 91.9 Å². The fourth-order valence-corrected chi connectivity index (χ4v) is 9.58. The molecular weight excluding hydrogens is 777 g/mol. The van der Waals surface area contributed by atoms with Crippen molar-refractivity contribution in [3.63, 3.8) is 0 Å². The van der Waals surface area contributed by atoms with Crippen molar-refractivity contribution in [3.8, 4) is 11.8 Å². The zero-order valence-corrected chi connectivity index (χ0v) is 34.6. The van der Waals surface area contributed by atoms with E-state index in [1.54, 1.807) is 39.2 Å². The highest BCUT2D eigenvalue weighted by Crippen LogP contribution is 2.38. The minimum absolute atomic E-state index is 0.0592. The van der Waals surface area contributed by atoms with Crippen LogP contribution in [0.4, 0.5) is 11.4 Å². The minimum Gasteiger partial charge on any atom is -0.496 e. The van der Waals surface area contributed by atoms with Crippen LogP contribution in [0.25, 0.3) is 16.4 Å². The number of nitrogens with one attached hydrogen (secondary N) is 2. The van der Waals surface area contributed by atoms with Gasteiger partial charge in [0.2, 0.25) is 17.7 Å². The van der Waals surface area contributed by atoms with Crippen molar-refractivity contribution in [3.05, 3.63) is 83.3 Å². The van der Waals surface area contributed by atoms with Crippen molar-refractivity contribution >= 4 is 51.4 Å². The molecule has 3 aliphatic heterocycles. The number of piperazine rings is 1. The molecule has 3 N–H and O–H groups in total. The Balaban J connectivity index is 0.776. The summed E-state index contributed by atoms with van der Waals surface area (Å²) < 4.78 is 9.18. The number of methoxy groups -OCH3 is 1. The van der Waals surface area contributed by atoms with Gasteiger partial charge in [-0.25, -0.2) is 4.52 Å². The molecule has 9 rings (SSSR count). The van der Waals surface area contributed by atoms with Gasteiger partial charge in [0.15, 0.2) is 0 Å². The van der Waals surface area contributed by atoms with Crippen LogP contribution >= 0.6 is 0 Å². The molecule has 1 saturated carbocycles. The maximum atomic E-state index is 13.6. The van der Waals surface area contributed by atoms with Crippen LogP contribution < -0.4 is 20.3 Å². The maximum absolute atomic E-state index is 13.6. The second-order valence-electron chi connectivity index (χ2n) is 17.3. The van der Waals surface area contributed by atoms with Gasteiger partial charge in [-0.3, -0.25) is 34.1 Å². The number of carbonyl (C=O) groups is 4. The highest BCUT2D eigenvalue weighted by molar-refractivity contribution is 6.05. The van der Waals surface area contributed by atoms with Crippen LogP contribution in [-0.4, -0.2) is 110 Å². The summed E-state index contributed by atoms with van der Waals surface area (Å²) in [5.74, 6) is -0.594. The van der Waals surface area contributed by atoms with Crippen LogP contribution in [0, 0.1) is 17.2 Å². The van der Waals surface area contributed by atoms with Gasteiger partial charge in [0.05, 0.1) is 53.4 Å². The lowest BCUT2D eigenvalue weighted by Gasteiger charge is -2.45. The molecule has 2 aromatic carbocycles. The predicted molar refractivity (Wildman–Crippen MR) is 226 cm³/mol. The van der Waals surface area contributed by atoms with Gasteiger partial charge < -0.3 is 25.0 Å². The number of fused-ring (bicyclic) bond motifs is 2. The second kappa shape index (κ2) is 15.9. The first-order chi connectivity index (χ1) is 29.4. The molecule has 4 fully saturated rings. The Morgan fingerprint density at radius 1 is 0.967 bits per heavy atom. The second-order valence-corrected chi connectivity index (χ2v) is 17.3. The standard InChI is InChI=1S/C45H50N10O6/c1-45(2,60)36-21-37-28(19-38(36)48-43(58)39-12-9-33-18-27(22-46)23-47-55(33)39)26-54(50-37)31-6-4-30(5-7-31)51-14-16-52(17-15-51)44(59)29-24-53(25-29)32-8-10-34(40(20-32)61-3)35-11-13-41(56)49-42(35)57/h8-10,12,18-21,23,26,29-31,35,60H,4-7,11,13-17,24-25H2,1-3H3,(H,48,58)(H,49,56,57)/t30?,31?,35-/m1/s1. The van der Waals surface area contributed by atoms with Crippen molar-refractivity contribution in [2.75, 3.05) is 56.6 Å². The van der Waals surface area contributed by atoms with E-state index < -0.39 is 11.5 Å². The fourth-order valence-electron chi connectivity index (χ4n) is 9.58. The topological polar surface area (TPSA) is 190 Å². The van der Waals surface area contributed by atoms with Crippen molar-refractivity contribution in [1.82, 2.24) is 34.5 Å². The number of ether oxygens (including phenoxy) is 1. The zero-order chi connectivity index (χ0) is 42.6. The lowest BCUT2D eigenvalue weighted by atomic mass is 9.89. The lowest BCUT2D eigenvalue weighted by molar-refractivity contribution is -0.138. The first-order valence-electron chi connectivity index (χ1n) is 21.1. The van der Waals surface area contributed by atoms with Crippen LogP contribution in [-0.2, 0) is 20.0 Å². The number of amides is 4. The number of benzene rings is 2. The molecule has 1 aliphatic carbocycles. The Kier molecular flexibility index (Phi) is 10.5. The van der Waals surface area contributed by atoms with E-state index in [0.717, 1.165) is 74.0 Å². The molecule has 4 aliphatic rings. The van der Waals surface area contributed by atoms with Gasteiger partial charge in [0.1, 0.15) is 17.5 Å². The van der Waals surface area contributed by atoms with E-state index in [-0.39, 0.29) is 35.6 Å². The first-order valence-corrected chi connectivity index (χ1v) is 21.1. The summed E-state index contributed by atoms with van der Waals surface area (Å²) in [5, 5.41) is 35.9. The first kappa shape index (κ1) is 40.1. The minimum atomic E-state index is -1.25. The predicted octanol–water partition coefficient (Wildman–Crippen LogP) is 4.33.